The van der Waals surface area contributed by atoms with E-state index < -0.39 is 0 Å². The molecule has 5 rings (SSSR count). The van der Waals surface area contributed by atoms with Crippen molar-refractivity contribution in [1.82, 2.24) is 9.80 Å². The molecule has 29 heavy (non-hydrogen) atoms. The van der Waals surface area contributed by atoms with Crippen molar-refractivity contribution >= 4 is 28.9 Å². The molecule has 1 amide bonds. The average Bonchev–Trinajstić information content (AvgIpc) is 2.76. The van der Waals surface area contributed by atoms with Crippen molar-refractivity contribution < 1.29 is 4.79 Å². The SMILES string of the molecule is CCN(CC)C(=O)c1ccc(N(c2ccccc2)C2CN3CCC2CC3)cc1Cl. The quantitative estimate of drug-likeness (QED) is 0.665. The van der Waals surface area contributed by atoms with Crippen molar-refractivity contribution in [3.8, 4) is 0 Å². The summed E-state index contributed by atoms with van der Waals surface area (Å²) in [7, 11) is 0. The number of halogens is 1. The van der Waals surface area contributed by atoms with Crippen molar-refractivity contribution in [1.29, 1.82) is 0 Å². The van der Waals surface area contributed by atoms with Crippen LogP contribution in [0.25, 0.3) is 0 Å². The number of benzene rings is 2. The minimum absolute atomic E-state index is 0.000598. The molecule has 154 valence electrons. The first kappa shape index (κ1) is 20.2. The fourth-order valence-electron chi connectivity index (χ4n) is 4.86. The van der Waals surface area contributed by atoms with Gasteiger partial charge in [-0.15, -0.1) is 0 Å². The highest BCUT2D eigenvalue weighted by atomic mass is 35.5. The minimum Gasteiger partial charge on any atom is -0.339 e. The van der Waals surface area contributed by atoms with Gasteiger partial charge in [-0.1, -0.05) is 29.8 Å². The maximum atomic E-state index is 12.8. The lowest BCUT2D eigenvalue weighted by Crippen LogP contribution is -2.56. The number of hydrogen-bond acceptors (Lipinski definition) is 3. The molecule has 5 heteroatoms. The third-order valence-electron chi connectivity index (χ3n) is 6.50. The van der Waals surface area contributed by atoms with Crippen LogP contribution in [0.1, 0.15) is 37.0 Å². The summed E-state index contributed by atoms with van der Waals surface area (Å²) >= 11 is 6.65. The van der Waals surface area contributed by atoms with Crippen LogP contribution in [-0.2, 0) is 0 Å². The predicted octanol–water partition coefficient (Wildman–Crippen LogP) is 5.05. The summed E-state index contributed by atoms with van der Waals surface area (Å²) in [6.07, 6.45) is 2.50. The largest absolute Gasteiger partial charge is 0.339 e. The van der Waals surface area contributed by atoms with Gasteiger partial charge in [0, 0.05) is 37.1 Å². The second-order valence-corrected chi connectivity index (χ2v) is 8.46. The number of carbonyl (C=O) groups excluding carboxylic acids is 1. The fourth-order valence-corrected chi connectivity index (χ4v) is 5.11. The van der Waals surface area contributed by atoms with Crippen molar-refractivity contribution in [2.75, 3.05) is 37.6 Å². The van der Waals surface area contributed by atoms with Crippen LogP contribution in [0, 0.1) is 5.92 Å². The summed E-state index contributed by atoms with van der Waals surface area (Å²) in [6, 6.07) is 16.9. The van der Waals surface area contributed by atoms with Gasteiger partial charge >= 0.3 is 0 Å². The monoisotopic (exact) mass is 411 g/mol. The van der Waals surface area contributed by atoms with Crippen LogP contribution < -0.4 is 4.90 Å². The second kappa shape index (κ2) is 8.76. The van der Waals surface area contributed by atoms with E-state index in [0.717, 1.165) is 12.2 Å². The number of nitrogens with zero attached hydrogens (tertiary/aromatic N) is 3. The van der Waals surface area contributed by atoms with E-state index in [4.69, 9.17) is 11.6 Å². The topological polar surface area (TPSA) is 26.8 Å². The van der Waals surface area contributed by atoms with E-state index in [1.54, 1.807) is 0 Å². The Balaban J connectivity index is 1.70. The molecule has 2 aromatic rings. The molecule has 1 atom stereocenters. The molecule has 3 fully saturated rings. The van der Waals surface area contributed by atoms with Gasteiger partial charge in [0.2, 0.25) is 0 Å². The highest BCUT2D eigenvalue weighted by molar-refractivity contribution is 6.34. The fraction of sp³-hybridized carbons (Fsp3) is 0.458. The number of fused-ring (bicyclic) bond motifs is 3. The molecule has 3 heterocycles. The summed E-state index contributed by atoms with van der Waals surface area (Å²) in [5.41, 5.74) is 2.84. The Hall–Kier alpha value is -2.04. The van der Waals surface area contributed by atoms with Crippen molar-refractivity contribution in [2.45, 2.75) is 32.7 Å². The Morgan fingerprint density at radius 1 is 1.03 bits per heavy atom. The molecule has 0 radical (unpaired) electrons. The van der Waals surface area contributed by atoms with Crippen LogP contribution in [0.5, 0.6) is 0 Å². The Morgan fingerprint density at radius 2 is 1.72 bits per heavy atom. The molecular formula is C24H30ClN3O. The molecular weight excluding hydrogens is 382 g/mol. The summed E-state index contributed by atoms with van der Waals surface area (Å²) in [4.78, 5) is 19.6. The summed E-state index contributed by atoms with van der Waals surface area (Å²) in [5.74, 6) is 0.691. The Morgan fingerprint density at radius 3 is 2.28 bits per heavy atom. The molecule has 2 bridgehead atoms. The summed E-state index contributed by atoms with van der Waals surface area (Å²) < 4.78 is 0. The van der Waals surface area contributed by atoms with Crippen LogP contribution in [0.15, 0.2) is 48.5 Å². The number of rotatable bonds is 6. The van der Waals surface area contributed by atoms with Crippen LogP contribution in [0.2, 0.25) is 5.02 Å². The van der Waals surface area contributed by atoms with Crippen molar-refractivity contribution in [2.24, 2.45) is 5.92 Å². The zero-order valence-corrected chi connectivity index (χ0v) is 18.1. The van der Waals surface area contributed by atoms with Crippen LogP contribution >= 0.6 is 11.6 Å². The third kappa shape index (κ3) is 4.01. The molecule has 0 saturated carbocycles. The van der Waals surface area contributed by atoms with E-state index >= 15 is 0 Å². The third-order valence-corrected chi connectivity index (χ3v) is 6.81. The Labute approximate surface area is 179 Å². The highest BCUT2D eigenvalue weighted by Gasteiger charge is 2.38. The molecule has 0 aliphatic carbocycles. The molecule has 4 nitrogen and oxygen atoms in total. The van der Waals surface area contributed by atoms with E-state index in [1.807, 2.05) is 30.9 Å². The lowest BCUT2D eigenvalue weighted by Gasteiger charge is -2.49. The number of piperidine rings is 3. The van der Waals surface area contributed by atoms with E-state index in [0.29, 0.717) is 35.6 Å². The molecule has 3 saturated heterocycles. The number of anilines is 2. The minimum atomic E-state index is 0.000598. The van der Waals surface area contributed by atoms with Gasteiger partial charge in [-0.2, -0.15) is 0 Å². The summed E-state index contributed by atoms with van der Waals surface area (Å²) in [5, 5.41) is 0.529. The summed E-state index contributed by atoms with van der Waals surface area (Å²) in [6.45, 7) is 8.86. The van der Waals surface area contributed by atoms with Crippen LogP contribution in [-0.4, -0.2) is 54.5 Å². The van der Waals surface area contributed by atoms with Gasteiger partial charge in [0.1, 0.15) is 0 Å². The lowest BCUT2D eigenvalue weighted by atomic mass is 9.82. The maximum absolute atomic E-state index is 12.8. The van der Waals surface area contributed by atoms with Gasteiger partial charge in [-0.3, -0.25) is 4.79 Å². The van der Waals surface area contributed by atoms with Crippen LogP contribution in [0.4, 0.5) is 11.4 Å². The van der Waals surface area contributed by atoms with E-state index in [2.05, 4.69) is 46.2 Å². The highest BCUT2D eigenvalue weighted by Crippen LogP contribution is 2.39. The van der Waals surface area contributed by atoms with Crippen molar-refractivity contribution in [3.05, 3.63) is 59.1 Å². The Kier molecular flexibility index (Phi) is 6.12. The molecule has 0 spiro atoms. The van der Waals surface area contributed by atoms with Gasteiger partial charge in [-0.25, -0.2) is 0 Å². The first-order valence-electron chi connectivity index (χ1n) is 10.8. The zero-order chi connectivity index (χ0) is 20.4. The Bertz CT molecular complexity index is 844. The molecule has 0 N–H and O–H groups in total. The van der Waals surface area contributed by atoms with Crippen molar-refractivity contribution in [3.63, 3.8) is 0 Å². The molecule has 3 aliphatic heterocycles. The number of para-hydroxylation sites is 1. The number of amides is 1. The molecule has 1 unspecified atom stereocenters. The molecule has 3 aliphatic rings. The standard InChI is InChI=1S/C24H30ClN3O/c1-3-27(4-2)24(29)21-11-10-20(16-22(21)25)28(19-8-6-5-7-9-19)23-17-26-14-12-18(23)13-15-26/h5-11,16,18,23H,3-4,12-15,17H2,1-2H3. The first-order chi connectivity index (χ1) is 14.1. The normalized spacial score (nSPS) is 23.1. The average molecular weight is 412 g/mol. The van der Waals surface area contributed by atoms with Gasteiger partial charge in [0.05, 0.1) is 10.6 Å². The van der Waals surface area contributed by atoms with E-state index in [1.165, 1.54) is 31.6 Å². The molecule has 0 aromatic heterocycles. The van der Waals surface area contributed by atoms with Gasteiger partial charge in [0.25, 0.3) is 5.91 Å². The maximum Gasteiger partial charge on any atom is 0.255 e. The van der Waals surface area contributed by atoms with Gasteiger partial charge in [0.15, 0.2) is 0 Å². The van der Waals surface area contributed by atoms with E-state index in [-0.39, 0.29) is 5.91 Å². The molecule has 2 aromatic carbocycles. The predicted molar refractivity (Wildman–Crippen MR) is 120 cm³/mol. The number of carbonyl (C=O) groups is 1. The smallest absolute Gasteiger partial charge is 0.255 e. The lowest BCUT2D eigenvalue weighted by molar-refractivity contribution is 0.0773. The second-order valence-electron chi connectivity index (χ2n) is 8.05. The van der Waals surface area contributed by atoms with Gasteiger partial charge < -0.3 is 14.7 Å². The zero-order valence-electron chi connectivity index (χ0n) is 17.4. The first-order valence-corrected chi connectivity index (χ1v) is 11.2. The van der Waals surface area contributed by atoms with E-state index in [9.17, 15) is 4.79 Å². The number of hydrogen-bond donors (Lipinski definition) is 0. The van der Waals surface area contributed by atoms with Crippen LogP contribution in [0.3, 0.4) is 0 Å². The van der Waals surface area contributed by atoms with Gasteiger partial charge in [-0.05, 0) is 76.0 Å².